The first kappa shape index (κ1) is 27.3. The Morgan fingerprint density at radius 2 is 1.50 bits per heavy atom. The van der Waals surface area contributed by atoms with Crippen molar-refractivity contribution >= 4 is 38.9 Å². The van der Waals surface area contributed by atoms with Crippen molar-refractivity contribution in [3.05, 3.63) is 118 Å². The first-order valence-corrected chi connectivity index (χ1v) is 12.8. The lowest BCUT2D eigenvalue weighted by Crippen LogP contribution is -2.44. The van der Waals surface area contributed by atoms with Gasteiger partial charge in [-0.05, 0) is 47.4 Å². The second-order valence-electron chi connectivity index (χ2n) is 8.46. The third-order valence-electron chi connectivity index (χ3n) is 5.96. The third kappa shape index (κ3) is 6.67. The smallest absolute Gasteiger partial charge is 0.269 e. The largest absolute Gasteiger partial charge is 0.309 e. The highest BCUT2D eigenvalue weighted by Gasteiger charge is 2.22. The number of nitrogens with one attached hydrogen (secondary N) is 2. The number of non-ortho nitro benzene ring substituents is 1. The summed E-state index contributed by atoms with van der Waals surface area (Å²) in [4.78, 5) is 10.4. The van der Waals surface area contributed by atoms with Crippen LogP contribution in [0.3, 0.4) is 0 Å². The number of benzene rings is 4. The standard InChI is InChI=1S/C27H27N3O4S.ClH/c1-20(26-13-7-11-22-10-5-6-12-27(22)26)28-19-23(18-21-8-3-2-4-9-21)29-35(33,34)25-16-14-24(15-17-25)30(31)32;/h2-17,20,23,28-29H,18-19H2,1H3;1H. The quantitative estimate of drug-likeness (QED) is 0.213. The molecular formula is C27H28ClN3O4S. The van der Waals surface area contributed by atoms with Crippen molar-refractivity contribution in [1.82, 2.24) is 10.0 Å². The zero-order chi connectivity index (χ0) is 24.8. The topological polar surface area (TPSA) is 101 Å². The molecule has 0 saturated carbocycles. The summed E-state index contributed by atoms with van der Waals surface area (Å²) in [6.45, 7) is 2.46. The Labute approximate surface area is 217 Å². The van der Waals surface area contributed by atoms with E-state index >= 15 is 0 Å². The van der Waals surface area contributed by atoms with Gasteiger partial charge in [-0.25, -0.2) is 13.1 Å². The van der Waals surface area contributed by atoms with Gasteiger partial charge in [0.2, 0.25) is 10.0 Å². The number of hydrogen-bond acceptors (Lipinski definition) is 5. The molecule has 36 heavy (non-hydrogen) atoms. The van der Waals surface area contributed by atoms with Crippen LogP contribution in [0, 0.1) is 10.1 Å². The summed E-state index contributed by atoms with van der Waals surface area (Å²) in [5.41, 5.74) is 1.98. The molecule has 0 aliphatic carbocycles. The molecule has 2 N–H and O–H groups in total. The van der Waals surface area contributed by atoms with Crippen molar-refractivity contribution in [3.63, 3.8) is 0 Å². The maximum Gasteiger partial charge on any atom is 0.269 e. The van der Waals surface area contributed by atoms with Gasteiger partial charge in [-0.2, -0.15) is 0 Å². The molecule has 2 atom stereocenters. The molecule has 9 heteroatoms. The van der Waals surface area contributed by atoms with Crippen LogP contribution in [0.25, 0.3) is 10.8 Å². The van der Waals surface area contributed by atoms with Crippen molar-refractivity contribution in [3.8, 4) is 0 Å². The lowest BCUT2D eigenvalue weighted by molar-refractivity contribution is -0.384. The molecule has 0 aliphatic heterocycles. The first-order valence-electron chi connectivity index (χ1n) is 11.4. The van der Waals surface area contributed by atoms with Gasteiger partial charge in [0.15, 0.2) is 0 Å². The molecule has 0 aliphatic rings. The Morgan fingerprint density at radius 3 is 2.19 bits per heavy atom. The van der Waals surface area contributed by atoms with E-state index in [9.17, 15) is 18.5 Å². The molecule has 188 valence electrons. The Morgan fingerprint density at radius 1 is 0.861 bits per heavy atom. The Kier molecular flexibility index (Phi) is 9.17. The molecule has 4 rings (SSSR count). The van der Waals surface area contributed by atoms with Gasteiger partial charge in [0, 0.05) is 30.8 Å². The van der Waals surface area contributed by atoms with Crippen LogP contribution in [-0.4, -0.2) is 25.9 Å². The fourth-order valence-corrected chi connectivity index (χ4v) is 5.38. The van der Waals surface area contributed by atoms with Crippen LogP contribution < -0.4 is 10.0 Å². The SMILES string of the molecule is CC(NCC(Cc1ccccc1)NS(=O)(=O)c1ccc([N+](=O)[O-])cc1)c1cccc2ccccc12.Cl. The molecule has 7 nitrogen and oxygen atoms in total. The summed E-state index contributed by atoms with van der Waals surface area (Å²) in [6, 6.07) is 28.5. The molecule has 0 fully saturated rings. The minimum atomic E-state index is -3.88. The molecule has 2 unspecified atom stereocenters. The average molecular weight is 526 g/mol. The summed E-state index contributed by atoms with van der Waals surface area (Å²) in [5, 5.41) is 16.7. The van der Waals surface area contributed by atoms with Gasteiger partial charge < -0.3 is 5.32 Å². The molecule has 4 aromatic rings. The number of nitrogens with zero attached hydrogens (tertiary/aromatic N) is 1. The second-order valence-corrected chi connectivity index (χ2v) is 10.2. The van der Waals surface area contributed by atoms with E-state index in [2.05, 4.69) is 41.2 Å². The summed E-state index contributed by atoms with van der Waals surface area (Å²) in [5.74, 6) is 0. The lowest BCUT2D eigenvalue weighted by atomic mass is 9.99. The van der Waals surface area contributed by atoms with Crippen LogP contribution >= 0.6 is 12.4 Å². The molecule has 0 amide bonds. The Bertz CT molecular complexity index is 1410. The van der Waals surface area contributed by atoms with Crippen LogP contribution in [0.2, 0.25) is 0 Å². The van der Waals surface area contributed by atoms with E-state index in [1.54, 1.807) is 0 Å². The third-order valence-corrected chi connectivity index (χ3v) is 7.50. The van der Waals surface area contributed by atoms with Crippen LogP contribution in [0.1, 0.15) is 24.1 Å². The van der Waals surface area contributed by atoms with Crippen molar-refractivity contribution in [2.24, 2.45) is 0 Å². The average Bonchev–Trinajstić information content (AvgIpc) is 2.87. The molecule has 0 bridgehead atoms. The van der Waals surface area contributed by atoms with Crippen LogP contribution in [0.4, 0.5) is 5.69 Å². The minimum absolute atomic E-state index is 0. The summed E-state index contributed by atoms with van der Waals surface area (Å²) >= 11 is 0. The van der Waals surface area contributed by atoms with E-state index in [4.69, 9.17) is 0 Å². The van der Waals surface area contributed by atoms with Crippen molar-refractivity contribution in [2.75, 3.05) is 6.54 Å². The number of fused-ring (bicyclic) bond motifs is 1. The lowest BCUT2D eigenvalue weighted by Gasteiger charge is -2.23. The van der Waals surface area contributed by atoms with Gasteiger partial charge in [0.05, 0.1) is 9.82 Å². The van der Waals surface area contributed by atoms with Gasteiger partial charge in [-0.15, -0.1) is 12.4 Å². The predicted molar refractivity (Wildman–Crippen MR) is 145 cm³/mol. The van der Waals surface area contributed by atoms with Gasteiger partial charge in [0.1, 0.15) is 0 Å². The number of nitro benzene ring substituents is 1. The monoisotopic (exact) mass is 525 g/mol. The van der Waals surface area contributed by atoms with Crippen molar-refractivity contribution in [1.29, 1.82) is 0 Å². The van der Waals surface area contributed by atoms with Gasteiger partial charge in [0.25, 0.3) is 5.69 Å². The van der Waals surface area contributed by atoms with E-state index < -0.39 is 21.0 Å². The fraction of sp³-hybridized carbons (Fsp3) is 0.185. The first-order chi connectivity index (χ1) is 16.8. The molecule has 0 heterocycles. The number of nitro groups is 1. The number of halogens is 1. The highest BCUT2D eigenvalue weighted by molar-refractivity contribution is 7.89. The number of sulfonamides is 1. The fourth-order valence-electron chi connectivity index (χ4n) is 4.15. The Balaban J connectivity index is 0.00000361. The van der Waals surface area contributed by atoms with E-state index in [-0.39, 0.29) is 29.0 Å². The van der Waals surface area contributed by atoms with E-state index in [1.807, 2.05) is 48.5 Å². The molecule has 0 saturated heterocycles. The zero-order valence-electron chi connectivity index (χ0n) is 19.7. The molecule has 0 spiro atoms. The van der Waals surface area contributed by atoms with E-state index in [0.717, 1.165) is 21.9 Å². The number of rotatable bonds is 10. The highest BCUT2D eigenvalue weighted by Crippen LogP contribution is 2.24. The van der Waals surface area contributed by atoms with Crippen LogP contribution in [0.5, 0.6) is 0 Å². The maximum absolute atomic E-state index is 13.1. The molecular weight excluding hydrogens is 498 g/mol. The van der Waals surface area contributed by atoms with Crippen LogP contribution in [0.15, 0.2) is 102 Å². The van der Waals surface area contributed by atoms with Gasteiger partial charge >= 0.3 is 0 Å². The summed E-state index contributed by atoms with van der Waals surface area (Å²) < 4.78 is 29.0. The van der Waals surface area contributed by atoms with E-state index in [1.165, 1.54) is 24.3 Å². The summed E-state index contributed by atoms with van der Waals surface area (Å²) in [7, 11) is -3.88. The Hall–Kier alpha value is -3.30. The zero-order valence-corrected chi connectivity index (χ0v) is 21.3. The van der Waals surface area contributed by atoms with E-state index in [0.29, 0.717) is 13.0 Å². The van der Waals surface area contributed by atoms with Gasteiger partial charge in [-0.3, -0.25) is 10.1 Å². The van der Waals surface area contributed by atoms with Crippen molar-refractivity contribution in [2.45, 2.75) is 30.3 Å². The normalized spacial score (nSPS) is 13.0. The molecule has 0 radical (unpaired) electrons. The highest BCUT2D eigenvalue weighted by atomic mass is 35.5. The van der Waals surface area contributed by atoms with Crippen molar-refractivity contribution < 1.29 is 13.3 Å². The second kappa shape index (κ2) is 12.1. The minimum Gasteiger partial charge on any atom is -0.309 e. The maximum atomic E-state index is 13.1. The molecule has 4 aromatic carbocycles. The number of hydrogen-bond donors (Lipinski definition) is 2. The van der Waals surface area contributed by atoms with Gasteiger partial charge in [-0.1, -0.05) is 72.8 Å². The molecule has 0 aromatic heterocycles. The summed E-state index contributed by atoms with van der Waals surface area (Å²) in [6.07, 6.45) is 0.488. The predicted octanol–water partition coefficient (Wildman–Crippen LogP) is 5.41. The van der Waals surface area contributed by atoms with Crippen LogP contribution in [-0.2, 0) is 16.4 Å².